The van der Waals surface area contributed by atoms with Crippen LogP contribution in [-0.2, 0) is 4.84 Å². The van der Waals surface area contributed by atoms with E-state index in [4.69, 9.17) is 21.2 Å². The van der Waals surface area contributed by atoms with Crippen LogP contribution in [0, 0.1) is 12.8 Å². The van der Waals surface area contributed by atoms with Gasteiger partial charge in [0.25, 0.3) is 0 Å². The van der Waals surface area contributed by atoms with Gasteiger partial charge in [-0.1, -0.05) is 28.9 Å². The Hall–Kier alpha value is -3.06. The molecule has 0 saturated heterocycles. The van der Waals surface area contributed by atoms with Gasteiger partial charge in [-0.3, -0.25) is 0 Å². The molecule has 0 bridgehead atoms. The fourth-order valence-corrected chi connectivity index (χ4v) is 3.87. The molecule has 2 unspecified atom stereocenters. The van der Waals surface area contributed by atoms with Crippen LogP contribution in [-0.4, -0.2) is 33.6 Å². The summed E-state index contributed by atoms with van der Waals surface area (Å²) in [5.74, 6) is 1.58. The minimum absolute atomic E-state index is 0.00924. The lowest BCUT2D eigenvalue weighted by molar-refractivity contribution is 0.00617. The maximum atomic E-state index is 6.08. The monoisotopic (exact) mass is 423 g/mol. The Bertz CT molecular complexity index is 1090. The normalized spacial score (nSPS) is 20.8. The number of nitrogens with zero attached hydrogens (tertiary/aromatic N) is 4. The number of imidazole rings is 1. The number of oxime groups is 1. The van der Waals surface area contributed by atoms with E-state index >= 15 is 0 Å². The van der Waals surface area contributed by atoms with E-state index in [0.29, 0.717) is 28.4 Å². The van der Waals surface area contributed by atoms with Crippen LogP contribution in [0.5, 0.6) is 5.88 Å². The van der Waals surface area contributed by atoms with E-state index in [1.807, 2.05) is 54.1 Å². The summed E-state index contributed by atoms with van der Waals surface area (Å²) in [7, 11) is 1.60. The van der Waals surface area contributed by atoms with E-state index in [1.54, 1.807) is 13.4 Å². The number of hydrogen-bond acceptors (Lipinski definition) is 6. The second-order valence-corrected chi connectivity index (χ2v) is 8.10. The molecule has 3 heterocycles. The molecule has 1 aliphatic heterocycles. The van der Waals surface area contributed by atoms with Gasteiger partial charge in [0.1, 0.15) is 11.4 Å². The quantitative estimate of drug-likeness (QED) is 0.670. The Balaban J connectivity index is 1.47. The van der Waals surface area contributed by atoms with Gasteiger partial charge in [0.2, 0.25) is 5.88 Å². The first-order valence-electron chi connectivity index (χ1n) is 9.94. The third kappa shape index (κ3) is 3.61. The second kappa shape index (κ2) is 7.65. The molecule has 0 amide bonds. The van der Waals surface area contributed by atoms with Crippen molar-refractivity contribution in [2.45, 2.75) is 31.9 Å². The highest BCUT2D eigenvalue weighted by atomic mass is 35.5. The van der Waals surface area contributed by atoms with Gasteiger partial charge in [-0.05, 0) is 49.6 Å². The fraction of sp³-hybridized carbons (Fsp3) is 0.318. The summed E-state index contributed by atoms with van der Waals surface area (Å²) in [6, 6.07) is 11.7. The SMILES string of the molecule is COc1nc(C2=NOC(C3CC3)C(c3ccc(Cl)cc3)N2)ccc1-n1cnc(C)c1. The van der Waals surface area contributed by atoms with Gasteiger partial charge >= 0.3 is 0 Å². The molecule has 154 valence electrons. The number of halogens is 1. The number of rotatable bonds is 5. The maximum Gasteiger partial charge on any atom is 0.238 e. The third-order valence-corrected chi connectivity index (χ3v) is 5.72. The molecular formula is C22H22ClN5O2. The molecule has 1 N–H and O–H groups in total. The Labute approximate surface area is 179 Å². The molecular weight excluding hydrogens is 402 g/mol. The number of amidine groups is 1. The Morgan fingerprint density at radius 1 is 1.17 bits per heavy atom. The standard InChI is InChI=1S/C22H22ClN5O2/c1-13-11-28(12-24-13)18-10-9-17(25-22(18)29-2)21-26-19(14-5-7-16(23)8-6-14)20(30-27-21)15-3-4-15/h5-12,15,19-20H,3-4H2,1-2H3,(H,26,27). The van der Waals surface area contributed by atoms with Gasteiger partial charge in [0.05, 0.1) is 25.2 Å². The van der Waals surface area contributed by atoms with E-state index in [2.05, 4.69) is 20.4 Å². The molecule has 2 aliphatic rings. The van der Waals surface area contributed by atoms with Crippen molar-refractivity contribution in [3.8, 4) is 11.6 Å². The van der Waals surface area contributed by atoms with Gasteiger partial charge in [-0.25, -0.2) is 9.97 Å². The van der Waals surface area contributed by atoms with Gasteiger partial charge in [0, 0.05) is 17.1 Å². The summed E-state index contributed by atoms with van der Waals surface area (Å²) in [4.78, 5) is 14.9. The van der Waals surface area contributed by atoms with Crippen LogP contribution in [0.1, 0.15) is 35.8 Å². The summed E-state index contributed by atoms with van der Waals surface area (Å²) in [5, 5.41) is 8.61. The van der Waals surface area contributed by atoms with Gasteiger partial charge in [0.15, 0.2) is 11.9 Å². The zero-order valence-electron chi connectivity index (χ0n) is 16.7. The molecule has 0 radical (unpaired) electrons. The summed E-state index contributed by atoms with van der Waals surface area (Å²) < 4.78 is 7.42. The molecule has 5 rings (SSSR count). The highest BCUT2D eigenvalue weighted by molar-refractivity contribution is 6.30. The third-order valence-electron chi connectivity index (χ3n) is 5.47. The van der Waals surface area contributed by atoms with Crippen molar-refractivity contribution in [2.75, 3.05) is 7.11 Å². The molecule has 3 aromatic rings. The van der Waals surface area contributed by atoms with Gasteiger partial charge in [-0.15, -0.1) is 0 Å². The molecule has 8 heteroatoms. The first-order valence-corrected chi connectivity index (χ1v) is 10.3. The first-order chi connectivity index (χ1) is 14.6. The second-order valence-electron chi connectivity index (χ2n) is 7.67. The fourth-order valence-electron chi connectivity index (χ4n) is 3.74. The van der Waals surface area contributed by atoms with Crippen molar-refractivity contribution in [3.05, 3.63) is 70.9 Å². The number of aromatic nitrogens is 3. The molecule has 7 nitrogen and oxygen atoms in total. The lowest BCUT2D eigenvalue weighted by atomic mass is 9.97. The summed E-state index contributed by atoms with van der Waals surface area (Å²) in [5.41, 5.74) is 3.50. The zero-order chi connectivity index (χ0) is 20.7. The van der Waals surface area contributed by atoms with Crippen LogP contribution in [0.3, 0.4) is 0 Å². The van der Waals surface area contributed by atoms with E-state index < -0.39 is 0 Å². The Morgan fingerprint density at radius 2 is 1.97 bits per heavy atom. The number of hydrogen-bond donors (Lipinski definition) is 1. The molecule has 1 saturated carbocycles. The average molecular weight is 424 g/mol. The van der Waals surface area contributed by atoms with Crippen molar-refractivity contribution in [3.63, 3.8) is 0 Å². The summed E-state index contributed by atoms with van der Waals surface area (Å²) in [6.45, 7) is 1.94. The van der Waals surface area contributed by atoms with Crippen LogP contribution in [0.4, 0.5) is 0 Å². The highest BCUT2D eigenvalue weighted by Crippen LogP contribution is 2.41. The molecule has 1 aliphatic carbocycles. The van der Waals surface area contributed by atoms with E-state index in [0.717, 1.165) is 29.8 Å². The topological polar surface area (TPSA) is 73.6 Å². The van der Waals surface area contributed by atoms with Crippen molar-refractivity contribution in [1.29, 1.82) is 0 Å². The Morgan fingerprint density at radius 3 is 2.63 bits per heavy atom. The largest absolute Gasteiger partial charge is 0.479 e. The molecule has 1 aromatic carbocycles. The Kier molecular flexibility index (Phi) is 4.83. The van der Waals surface area contributed by atoms with Crippen LogP contribution in [0.25, 0.3) is 5.69 Å². The van der Waals surface area contributed by atoms with E-state index in [9.17, 15) is 0 Å². The number of aryl methyl sites for hydroxylation is 1. The number of benzene rings is 1. The predicted molar refractivity (Wildman–Crippen MR) is 114 cm³/mol. The number of methoxy groups -OCH3 is 1. The molecule has 2 atom stereocenters. The summed E-state index contributed by atoms with van der Waals surface area (Å²) >= 11 is 6.08. The zero-order valence-corrected chi connectivity index (χ0v) is 17.5. The highest BCUT2D eigenvalue weighted by Gasteiger charge is 2.42. The van der Waals surface area contributed by atoms with Crippen LogP contribution in [0.15, 0.2) is 54.1 Å². The van der Waals surface area contributed by atoms with Crippen LogP contribution in [0.2, 0.25) is 5.02 Å². The molecule has 0 spiro atoms. The molecule has 30 heavy (non-hydrogen) atoms. The van der Waals surface area contributed by atoms with Crippen molar-refractivity contribution in [2.24, 2.45) is 11.1 Å². The maximum absolute atomic E-state index is 6.08. The van der Waals surface area contributed by atoms with E-state index in [-0.39, 0.29) is 12.1 Å². The first kappa shape index (κ1) is 18.9. The smallest absolute Gasteiger partial charge is 0.238 e. The minimum Gasteiger partial charge on any atom is -0.479 e. The lowest BCUT2D eigenvalue weighted by Crippen LogP contribution is -2.43. The van der Waals surface area contributed by atoms with Crippen molar-refractivity contribution >= 4 is 17.4 Å². The molecule has 2 aromatic heterocycles. The minimum atomic E-state index is -0.0222. The number of ether oxygens (including phenoxy) is 1. The van der Waals surface area contributed by atoms with Gasteiger partial charge in [-0.2, -0.15) is 0 Å². The number of nitrogens with one attached hydrogen (secondary N) is 1. The summed E-state index contributed by atoms with van der Waals surface area (Å²) in [6.07, 6.45) is 5.98. The van der Waals surface area contributed by atoms with Crippen LogP contribution >= 0.6 is 11.6 Å². The van der Waals surface area contributed by atoms with Crippen molar-refractivity contribution in [1.82, 2.24) is 19.9 Å². The van der Waals surface area contributed by atoms with E-state index in [1.165, 1.54) is 0 Å². The van der Waals surface area contributed by atoms with Gasteiger partial charge < -0.3 is 19.5 Å². The predicted octanol–water partition coefficient (Wildman–Crippen LogP) is 4.04. The molecule has 1 fully saturated rings. The van der Waals surface area contributed by atoms with Crippen molar-refractivity contribution < 1.29 is 9.57 Å². The van der Waals surface area contributed by atoms with Crippen LogP contribution < -0.4 is 10.1 Å². The average Bonchev–Trinajstić information content (AvgIpc) is 3.53. The number of pyridine rings is 1. The lowest BCUT2D eigenvalue weighted by Gasteiger charge is -2.32.